The number of hydrogen-bond donors (Lipinski definition) is 4. The van der Waals surface area contributed by atoms with Crippen molar-refractivity contribution in [3.8, 4) is 5.75 Å². The van der Waals surface area contributed by atoms with Crippen LogP contribution in [0.3, 0.4) is 0 Å². The Balaban J connectivity index is 1.59. The van der Waals surface area contributed by atoms with E-state index in [0.29, 0.717) is 35.4 Å². The highest BCUT2D eigenvalue weighted by Crippen LogP contribution is 2.24. The third-order valence-electron chi connectivity index (χ3n) is 6.27. The van der Waals surface area contributed by atoms with E-state index >= 15 is 0 Å². The minimum Gasteiger partial charge on any atom is -0.509 e. The Hall–Kier alpha value is -2.55. The van der Waals surface area contributed by atoms with E-state index in [2.05, 4.69) is 32.9 Å². The molecular formula is C22H32BN7O. The molecule has 1 aromatic heterocycles. The monoisotopic (exact) mass is 421 g/mol. The summed E-state index contributed by atoms with van der Waals surface area (Å²) in [4.78, 5) is 16.3. The van der Waals surface area contributed by atoms with Crippen molar-refractivity contribution in [2.45, 2.75) is 63.5 Å². The second-order valence-electron chi connectivity index (χ2n) is 8.61. The van der Waals surface area contributed by atoms with Crippen LogP contribution in [0.25, 0.3) is 0 Å². The number of aromatic nitrogens is 3. The summed E-state index contributed by atoms with van der Waals surface area (Å²) >= 11 is 0. The molecule has 164 valence electrons. The van der Waals surface area contributed by atoms with Gasteiger partial charge in [-0.3, -0.25) is 0 Å². The van der Waals surface area contributed by atoms with E-state index in [0.717, 1.165) is 44.5 Å². The molecular weight excluding hydrogens is 389 g/mol. The molecule has 0 amide bonds. The normalized spacial score (nSPS) is 18.4. The van der Waals surface area contributed by atoms with Crippen molar-refractivity contribution in [2.24, 2.45) is 0 Å². The molecule has 1 aromatic carbocycles. The van der Waals surface area contributed by atoms with Crippen molar-refractivity contribution >= 4 is 36.8 Å². The average molecular weight is 421 g/mol. The van der Waals surface area contributed by atoms with Gasteiger partial charge in [-0.1, -0.05) is 31.1 Å². The number of piperidine rings is 1. The van der Waals surface area contributed by atoms with Crippen LogP contribution in [0.1, 0.15) is 51.4 Å². The van der Waals surface area contributed by atoms with Crippen molar-refractivity contribution in [3.63, 3.8) is 0 Å². The van der Waals surface area contributed by atoms with Gasteiger partial charge in [0.25, 0.3) is 0 Å². The lowest BCUT2D eigenvalue weighted by atomic mass is 9.94. The molecule has 2 aliphatic rings. The van der Waals surface area contributed by atoms with E-state index in [9.17, 15) is 5.11 Å². The highest BCUT2D eigenvalue weighted by molar-refractivity contribution is 6.34. The first kappa shape index (κ1) is 21.7. The van der Waals surface area contributed by atoms with E-state index in [1.54, 1.807) is 18.2 Å². The summed E-state index contributed by atoms with van der Waals surface area (Å²) in [6.45, 7) is 2.01. The molecule has 2 fully saturated rings. The quantitative estimate of drug-likeness (QED) is 0.321. The van der Waals surface area contributed by atoms with Crippen molar-refractivity contribution < 1.29 is 5.11 Å². The van der Waals surface area contributed by atoms with Crippen molar-refractivity contribution in [1.82, 2.24) is 20.3 Å². The molecule has 4 N–H and O–H groups in total. The predicted molar refractivity (Wildman–Crippen MR) is 126 cm³/mol. The van der Waals surface area contributed by atoms with Crippen LogP contribution < -0.4 is 26.3 Å². The summed E-state index contributed by atoms with van der Waals surface area (Å²) in [5.41, 5.74) is 1.03. The predicted octanol–water partition coefficient (Wildman–Crippen LogP) is 2.44. The lowest BCUT2D eigenvalue weighted by Crippen LogP contribution is -2.42. The molecule has 1 aliphatic carbocycles. The molecule has 0 bridgehead atoms. The fourth-order valence-electron chi connectivity index (χ4n) is 4.37. The molecule has 2 radical (unpaired) electrons. The van der Waals surface area contributed by atoms with Gasteiger partial charge in [0.1, 0.15) is 13.6 Å². The minimum atomic E-state index is 0.0586. The summed E-state index contributed by atoms with van der Waals surface area (Å²) in [5.74, 6) is 1.79. The Morgan fingerprint density at radius 1 is 1.00 bits per heavy atom. The second-order valence-corrected chi connectivity index (χ2v) is 8.61. The first-order valence-electron chi connectivity index (χ1n) is 11.4. The zero-order chi connectivity index (χ0) is 21.6. The van der Waals surface area contributed by atoms with Crippen LogP contribution >= 0.6 is 0 Å². The maximum atomic E-state index is 9.70. The first-order chi connectivity index (χ1) is 15.1. The van der Waals surface area contributed by atoms with Crippen LogP contribution in [0.2, 0.25) is 0 Å². The number of nitrogens with zero attached hydrogens (tertiary/aromatic N) is 4. The Labute approximate surface area is 185 Å². The van der Waals surface area contributed by atoms with Gasteiger partial charge in [-0.2, -0.15) is 15.0 Å². The number of nitrogens with one attached hydrogen (secondary N) is 3. The zero-order valence-corrected chi connectivity index (χ0v) is 18.3. The maximum Gasteiger partial charge on any atom is 0.233 e. The maximum absolute atomic E-state index is 9.70. The Morgan fingerprint density at radius 2 is 1.71 bits per heavy atom. The van der Waals surface area contributed by atoms with Gasteiger partial charge in [-0.05, 0) is 57.0 Å². The first-order valence-corrected chi connectivity index (χ1v) is 11.4. The number of phenols is 1. The molecule has 1 saturated carbocycles. The number of anilines is 4. The van der Waals surface area contributed by atoms with Crippen LogP contribution in [0.15, 0.2) is 18.2 Å². The average Bonchev–Trinajstić information content (AvgIpc) is 3.05. The van der Waals surface area contributed by atoms with Crippen molar-refractivity contribution in [2.75, 3.05) is 35.7 Å². The van der Waals surface area contributed by atoms with Gasteiger partial charge in [-0.25, -0.2) is 0 Å². The highest BCUT2D eigenvalue weighted by Gasteiger charge is 2.22. The lowest BCUT2D eigenvalue weighted by Gasteiger charge is -2.32. The van der Waals surface area contributed by atoms with Gasteiger partial charge < -0.3 is 26.0 Å². The van der Waals surface area contributed by atoms with Crippen molar-refractivity contribution in [1.29, 1.82) is 0 Å². The van der Waals surface area contributed by atoms with Gasteiger partial charge in [0.15, 0.2) is 0 Å². The molecule has 8 nitrogen and oxygen atoms in total. The molecule has 0 spiro atoms. The Morgan fingerprint density at radius 3 is 2.42 bits per heavy atom. The van der Waals surface area contributed by atoms with Crippen LogP contribution in [0.4, 0.5) is 23.5 Å². The largest absolute Gasteiger partial charge is 0.509 e. The topological polar surface area (TPSA) is 98.2 Å². The van der Waals surface area contributed by atoms with E-state index in [1.807, 2.05) is 0 Å². The molecule has 1 aliphatic heterocycles. The molecule has 1 saturated heterocycles. The summed E-state index contributed by atoms with van der Waals surface area (Å²) < 4.78 is 0. The van der Waals surface area contributed by atoms with Gasteiger partial charge >= 0.3 is 0 Å². The van der Waals surface area contributed by atoms with Crippen molar-refractivity contribution in [3.05, 3.63) is 18.2 Å². The molecule has 31 heavy (non-hydrogen) atoms. The summed E-state index contributed by atoms with van der Waals surface area (Å²) in [7, 11) is 7.91. The van der Waals surface area contributed by atoms with Crippen LogP contribution in [0.5, 0.6) is 5.75 Å². The molecule has 0 unspecified atom stereocenters. The molecule has 2 heterocycles. The molecule has 0 atom stereocenters. The second kappa shape index (κ2) is 10.2. The number of rotatable bonds is 6. The number of hydrogen-bond acceptors (Lipinski definition) is 8. The van der Waals surface area contributed by atoms with Crippen LogP contribution in [-0.4, -0.2) is 60.1 Å². The van der Waals surface area contributed by atoms with Gasteiger partial charge in [0, 0.05) is 24.8 Å². The smallest absolute Gasteiger partial charge is 0.233 e. The van der Waals surface area contributed by atoms with E-state index in [1.165, 1.54) is 25.7 Å². The van der Waals surface area contributed by atoms with E-state index in [4.69, 9.17) is 17.8 Å². The number of benzene rings is 1. The highest BCUT2D eigenvalue weighted by atomic mass is 16.3. The van der Waals surface area contributed by atoms with Crippen LogP contribution in [-0.2, 0) is 0 Å². The van der Waals surface area contributed by atoms with Gasteiger partial charge in [0.05, 0.1) is 0 Å². The summed E-state index contributed by atoms with van der Waals surface area (Å²) in [6.07, 6.45) is 9.48. The number of aromatic hydroxyl groups is 1. The fourth-order valence-corrected chi connectivity index (χ4v) is 4.37. The minimum absolute atomic E-state index is 0.0586. The molecule has 9 heteroatoms. The molecule has 4 rings (SSSR count). The van der Waals surface area contributed by atoms with E-state index in [-0.39, 0.29) is 5.75 Å². The number of phenolic OH excluding ortho intramolecular Hbond substituents is 1. The Kier molecular flexibility index (Phi) is 7.12. The SMILES string of the molecule is [B]c1cc(Nc2nc(NC3CCCCCC3)nc(N(C)C3CCNCC3)n2)ccc1O. The molecule has 2 aromatic rings. The lowest BCUT2D eigenvalue weighted by molar-refractivity contribution is 0.439. The Bertz CT molecular complexity index is 867. The van der Waals surface area contributed by atoms with Gasteiger partial charge in [0.2, 0.25) is 17.8 Å². The standard InChI is InChI=1S/C22H32BN7O/c1-30(17-10-12-24-13-11-17)22-28-20(25-15-6-4-2-3-5-7-15)27-21(29-22)26-16-8-9-19(31)18(23)14-16/h8-9,14-15,17,24,31H,2-7,10-13H2,1H3,(H2,25,26,27,28,29). The van der Waals surface area contributed by atoms with Crippen LogP contribution in [0, 0.1) is 0 Å². The third kappa shape index (κ3) is 5.78. The van der Waals surface area contributed by atoms with Gasteiger partial charge in [-0.15, -0.1) is 0 Å². The third-order valence-corrected chi connectivity index (χ3v) is 6.27. The van der Waals surface area contributed by atoms with E-state index < -0.39 is 0 Å². The summed E-state index contributed by atoms with van der Waals surface area (Å²) in [5, 5.41) is 19.9. The zero-order valence-electron chi connectivity index (χ0n) is 18.3. The fraction of sp³-hybridized carbons (Fsp3) is 0.591. The summed E-state index contributed by atoms with van der Waals surface area (Å²) in [6, 6.07) is 5.77.